The topological polar surface area (TPSA) is 58.6 Å². The molecule has 6 heteroatoms. The molecule has 1 saturated heterocycles. The average molecular weight is 415 g/mol. The Bertz CT molecular complexity index is 851. The normalized spacial score (nSPS) is 18.9. The number of likely N-dealkylation sites (tertiary alicyclic amines) is 1. The second-order valence-electron chi connectivity index (χ2n) is 7.55. The summed E-state index contributed by atoms with van der Waals surface area (Å²) >= 11 is 6.26. The standard InChI is InChI=1S/C23H27ClN2O3/c1-3-29-21(27)23(15-18-10-5-4-6-11-18)13-8-14-26(16-23)22(28)25-20-17(2)9-7-12-19(20)24/h4-7,9-12H,3,8,13-16H2,1-2H3,(H,25,28)/t23-/m1/s1. The highest BCUT2D eigenvalue weighted by Gasteiger charge is 2.44. The van der Waals surface area contributed by atoms with Crippen LogP contribution in [0.1, 0.15) is 30.9 Å². The van der Waals surface area contributed by atoms with Crippen molar-refractivity contribution in [1.29, 1.82) is 0 Å². The fraction of sp³-hybridized carbons (Fsp3) is 0.391. The molecule has 0 aliphatic carbocycles. The number of benzene rings is 2. The number of nitrogens with zero attached hydrogens (tertiary/aromatic N) is 1. The number of hydrogen-bond donors (Lipinski definition) is 1. The summed E-state index contributed by atoms with van der Waals surface area (Å²) in [5.74, 6) is -0.240. The van der Waals surface area contributed by atoms with Gasteiger partial charge in [-0.1, -0.05) is 54.1 Å². The number of piperidine rings is 1. The van der Waals surface area contributed by atoms with Crippen LogP contribution in [-0.2, 0) is 16.0 Å². The SMILES string of the molecule is CCOC(=O)[C@@]1(Cc2ccccc2)CCCN(C(=O)Nc2c(C)cccc2Cl)C1. The zero-order valence-corrected chi connectivity index (χ0v) is 17.7. The molecule has 1 fully saturated rings. The van der Waals surface area contributed by atoms with Crippen molar-refractivity contribution in [2.24, 2.45) is 5.41 Å². The third-order valence-electron chi connectivity index (χ3n) is 5.41. The number of aryl methyl sites for hydroxylation is 1. The Kier molecular flexibility index (Phi) is 6.80. The fourth-order valence-electron chi connectivity index (χ4n) is 3.94. The van der Waals surface area contributed by atoms with E-state index in [1.165, 1.54) is 0 Å². The lowest BCUT2D eigenvalue weighted by molar-refractivity contribution is -0.158. The maximum Gasteiger partial charge on any atom is 0.321 e. The van der Waals surface area contributed by atoms with E-state index in [9.17, 15) is 9.59 Å². The van der Waals surface area contributed by atoms with Gasteiger partial charge in [0.1, 0.15) is 0 Å². The van der Waals surface area contributed by atoms with Crippen LogP contribution in [0.5, 0.6) is 0 Å². The number of carbonyl (C=O) groups is 2. The molecule has 1 atom stereocenters. The summed E-state index contributed by atoms with van der Waals surface area (Å²) in [5, 5.41) is 3.42. The minimum absolute atomic E-state index is 0.240. The molecule has 5 nitrogen and oxygen atoms in total. The Balaban J connectivity index is 1.82. The molecule has 0 unspecified atom stereocenters. The molecule has 1 heterocycles. The first-order valence-electron chi connectivity index (χ1n) is 9.97. The predicted octanol–water partition coefficient (Wildman–Crippen LogP) is 5.07. The number of hydrogen-bond acceptors (Lipinski definition) is 3. The minimum Gasteiger partial charge on any atom is -0.466 e. The first-order chi connectivity index (χ1) is 13.9. The van der Waals surface area contributed by atoms with E-state index >= 15 is 0 Å². The number of ether oxygens (including phenoxy) is 1. The summed E-state index contributed by atoms with van der Waals surface area (Å²) in [7, 11) is 0. The Labute approximate surface area is 177 Å². The average Bonchev–Trinajstić information content (AvgIpc) is 2.72. The molecule has 1 aliphatic heterocycles. The van der Waals surface area contributed by atoms with Gasteiger partial charge in [-0.15, -0.1) is 0 Å². The Morgan fingerprint density at radius 2 is 1.93 bits per heavy atom. The van der Waals surface area contributed by atoms with Crippen LogP contribution in [0.4, 0.5) is 10.5 Å². The highest BCUT2D eigenvalue weighted by molar-refractivity contribution is 6.33. The van der Waals surface area contributed by atoms with E-state index in [2.05, 4.69) is 5.32 Å². The second kappa shape index (κ2) is 9.31. The number of rotatable bonds is 5. The molecule has 0 radical (unpaired) electrons. The van der Waals surface area contributed by atoms with Gasteiger partial charge in [0.15, 0.2) is 0 Å². The maximum atomic E-state index is 13.0. The van der Waals surface area contributed by atoms with Gasteiger partial charge in [0.25, 0.3) is 0 Å². The van der Waals surface area contributed by atoms with E-state index < -0.39 is 5.41 Å². The molecular formula is C23H27ClN2O3. The van der Waals surface area contributed by atoms with E-state index in [-0.39, 0.29) is 12.0 Å². The molecule has 29 heavy (non-hydrogen) atoms. The number of nitrogens with one attached hydrogen (secondary N) is 1. The van der Waals surface area contributed by atoms with Gasteiger partial charge in [-0.05, 0) is 50.3 Å². The van der Waals surface area contributed by atoms with Gasteiger partial charge >= 0.3 is 12.0 Å². The summed E-state index contributed by atoms with van der Waals surface area (Å²) in [6.45, 7) is 4.93. The summed E-state index contributed by atoms with van der Waals surface area (Å²) < 4.78 is 5.42. The van der Waals surface area contributed by atoms with Crippen LogP contribution in [0.2, 0.25) is 5.02 Å². The van der Waals surface area contributed by atoms with E-state index in [4.69, 9.17) is 16.3 Å². The number of amides is 2. The van der Waals surface area contributed by atoms with Crippen molar-refractivity contribution >= 4 is 29.3 Å². The lowest BCUT2D eigenvalue weighted by Crippen LogP contribution is -2.52. The van der Waals surface area contributed by atoms with Crippen molar-refractivity contribution in [3.05, 3.63) is 64.7 Å². The zero-order chi connectivity index (χ0) is 20.9. The summed E-state index contributed by atoms with van der Waals surface area (Å²) in [6.07, 6.45) is 1.97. The zero-order valence-electron chi connectivity index (χ0n) is 16.9. The summed E-state index contributed by atoms with van der Waals surface area (Å²) in [5.41, 5.74) is 1.81. The smallest absolute Gasteiger partial charge is 0.321 e. The molecular weight excluding hydrogens is 388 g/mol. The van der Waals surface area contributed by atoms with Crippen LogP contribution in [0.3, 0.4) is 0 Å². The molecule has 0 spiro atoms. The van der Waals surface area contributed by atoms with Crippen LogP contribution in [0.25, 0.3) is 0 Å². The van der Waals surface area contributed by atoms with E-state index in [1.807, 2.05) is 56.3 Å². The molecule has 0 aromatic heterocycles. The first-order valence-corrected chi connectivity index (χ1v) is 10.4. The third-order valence-corrected chi connectivity index (χ3v) is 5.73. The largest absolute Gasteiger partial charge is 0.466 e. The van der Waals surface area contributed by atoms with Gasteiger partial charge in [-0.3, -0.25) is 4.79 Å². The quantitative estimate of drug-likeness (QED) is 0.695. The lowest BCUT2D eigenvalue weighted by atomic mass is 9.75. The molecule has 1 N–H and O–H groups in total. The third kappa shape index (κ3) is 4.91. The Morgan fingerprint density at radius 1 is 1.17 bits per heavy atom. The predicted molar refractivity (Wildman–Crippen MR) is 115 cm³/mol. The summed E-state index contributed by atoms with van der Waals surface area (Å²) in [6, 6.07) is 15.1. The van der Waals surface area contributed by atoms with Crippen molar-refractivity contribution < 1.29 is 14.3 Å². The molecule has 2 aromatic rings. The molecule has 0 saturated carbocycles. The van der Waals surface area contributed by atoms with Crippen LogP contribution in [0, 0.1) is 12.3 Å². The first kappa shape index (κ1) is 21.2. The molecule has 3 rings (SSSR count). The number of para-hydroxylation sites is 1. The Hall–Kier alpha value is -2.53. The number of esters is 1. The highest BCUT2D eigenvalue weighted by atomic mass is 35.5. The van der Waals surface area contributed by atoms with E-state index in [0.717, 1.165) is 17.5 Å². The van der Waals surface area contributed by atoms with Crippen molar-refractivity contribution in [3.63, 3.8) is 0 Å². The van der Waals surface area contributed by atoms with Gasteiger partial charge in [-0.2, -0.15) is 0 Å². The van der Waals surface area contributed by atoms with Gasteiger partial charge in [0, 0.05) is 13.1 Å². The van der Waals surface area contributed by atoms with Crippen molar-refractivity contribution in [2.75, 3.05) is 25.0 Å². The molecule has 0 bridgehead atoms. The van der Waals surface area contributed by atoms with Gasteiger partial charge in [0.05, 0.1) is 22.7 Å². The number of anilines is 1. The van der Waals surface area contributed by atoms with Gasteiger partial charge in [0.2, 0.25) is 0 Å². The molecule has 2 aromatic carbocycles. The van der Waals surface area contributed by atoms with Crippen molar-refractivity contribution in [1.82, 2.24) is 4.90 Å². The molecule has 154 valence electrons. The highest BCUT2D eigenvalue weighted by Crippen LogP contribution is 2.36. The monoisotopic (exact) mass is 414 g/mol. The molecule has 2 amide bonds. The Morgan fingerprint density at radius 3 is 2.62 bits per heavy atom. The summed E-state index contributed by atoms with van der Waals surface area (Å²) in [4.78, 5) is 27.7. The lowest BCUT2D eigenvalue weighted by Gasteiger charge is -2.41. The number of carbonyl (C=O) groups excluding carboxylic acids is 2. The number of halogens is 1. The van der Waals surface area contributed by atoms with Crippen LogP contribution in [-0.4, -0.2) is 36.6 Å². The van der Waals surface area contributed by atoms with Crippen LogP contribution >= 0.6 is 11.6 Å². The second-order valence-corrected chi connectivity index (χ2v) is 7.96. The van der Waals surface area contributed by atoms with Gasteiger partial charge < -0.3 is 15.0 Å². The van der Waals surface area contributed by atoms with Crippen molar-refractivity contribution in [3.8, 4) is 0 Å². The van der Waals surface area contributed by atoms with Crippen LogP contribution < -0.4 is 5.32 Å². The van der Waals surface area contributed by atoms with Gasteiger partial charge in [-0.25, -0.2) is 4.79 Å². The minimum atomic E-state index is -0.748. The fourth-order valence-corrected chi connectivity index (χ4v) is 4.20. The van der Waals surface area contributed by atoms with E-state index in [1.54, 1.807) is 11.0 Å². The van der Waals surface area contributed by atoms with Crippen LogP contribution in [0.15, 0.2) is 48.5 Å². The van der Waals surface area contributed by atoms with E-state index in [0.29, 0.717) is 43.2 Å². The molecule has 1 aliphatic rings. The number of urea groups is 1. The van der Waals surface area contributed by atoms with Crippen molar-refractivity contribution in [2.45, 2.75) is 33.1 Å². The maximum absolute atomic E-state index is 13.0.